The third-order valence-electron chi connectivity index (χ3n) is 2.44. The van der Waals surface area contributed by atoms with Crippen LogP contribution in [-0.2, 0) is 9.53 Å². The number of rotatable bonds is 11. The second-order valence-electron chi connectivity index (χ2n) is 4.35. The van der Waals surface area contributed by atoms with Crippen molar-refractivity contribution in [2.45, 2.75) is 36.7 Å². The van der Waals surface area contributed by atoms with E-state index in [-0.39, 0.29) is 18.7 Å². The van der Waals surface area contributed by atoms with E-state index in [1.807, 2.05) is 4.74 Å². The van der Waals surface area contributed by atoms with E-state index in [1.165, 1.54) is 0 Å². The van der Waals surface area contributed by atoms with Crippen LogP contribution in [0.3, 0.4) is 0 Å². The van der Waals surface area contributed by atoms with E-state index < -0.39 is 42.4 Å². The summed E-state index contributed by atoms with van der Waals surface area (Å²) >= 11 is 0.558. The number of hydrogen-bond donors (Lipinski definition) is 1. The van der Waals surface area contributed by atoms with Crippen LogP contribution in [-0.4, -0.2) is 54.7 Å². The van der Waals surface area contributed by atoms with Crippen LogP contribution < -0.4 is 5.32 Å². The van der Waals surface area contributed by atoms with Crippen molar-refractivity contribution in [1.82, 2.24) is 5.32 Å². The van der Waals surface area contributed by atoms with E-state index >= 15 is 0 Å². The number of ether oxygens (including phenoxy) is 1. The SMILES string of the molecule is O=CNCCSCCC(F)(F)C(F)(F)OC(F)(F)C(F)(F)C(F)(F)F. The van der Waals surface area contributed by atoms with Crippen molar-refractivity contribution >= 4 is 18.2 Å². The third kappa shape index (κ3) is 6.04. The van der Waals surface area contributed by atoms with Crippen LogP contribution in [0.5, 0.6) is 0 Å². The summed E-state index contributed by atoms with van der Waals surface area (Å²) in [6, 6.07) is 0. The second-order valence-corrected chi connectivity index (χ2v) is 5.57. The Balaban J connectivity index is 4.94. The number of carbonyl (C=O) groups is 1. The van der Waals surface area contributed by atoms with Gasteiger partial charge in [0.2, 0.25) is 6.41 Å². The molecule has 1 N–H and O–H groups in total. The molecular formula is C10H10F11NO2S. The van der Waals surface area contributed by atoms with Crippen molar-refractivity contribution in [3.63, 3.8) is 0 Å². The predicted octanol–water partition coefficient (Wildman–Crippen LogP) is 3.89. The van der Waals surface area contributed by atoms with E-state index in [0.29, 0.717) is 11.8 Å². The van der Waals surface area contributed by atoms with Gasteiger partial charge in [-0.15, -0.1) is 0 Å². The van der Waals surface area contributed by atoms with Crippen LogP contribution in [0.2, 0.25) is 0 Å². The Bertz CT molecular complexity index is 441. The molecule has 0 aliphatic carbocycles. The Morgan fingerprint density at radius 2 is 1.36 bits per heavy atom. The summed E-state index contributed by atoms with van der Waals surface area (Å²) in [6.07, 6.45) is -21.9. The van der Waals surface area contributed by atoms with Gasteiger partial charge in [0.05, 0.1) is 0 Å². The summed E-state index contributed by atoms with van der Waals surface area (Å²) in [4.78, 5) is 9.84. The van der Waals surface area contributed by atoms with Gasteiger partial charge in [0.15, 0.2) is 0 Å². The zero-order valence-corrected chi connectivity index (χ0v) is 12.6. The number of carbonyl (C=O) groups excluding carboxylic acids is 1. The molecule has 0 heterocycles. The normalized spacial score (nSPS) is 14.5. The molecule has 0 saturated carbocycles. The van der Waals surface area contributed by atoms with E-state index in [9.17, 15) is 53.1 Å². The Morgan fingerprint density at radius 3 is 1.80 bits per heavy atom. The van der Waals surface area contributed by atoms with Gasteiger partial charge in [-0.05, 0) is 5.75 Å². The largest absolute Gasteiger partial charge is 0.462 e. The Morgan fingerprint density at radius 1 is 0.840 bits per heavy atom. The van der Waals surface area contributed by atoms with Crippen molar-refractivity contribution in [2.24, 2.45) is 0 Å². The minimum atomic E-state index is -7.12. The highest BCUT2D eigenvalue weighted by atomic mass is 32.2. The molecule has 150 valence electrons. The van der Waals surface area contributed by atoms with Crippen molar-refractivity contribution in [3.05, 3.63) is 0 Å². The van der Waals surface area contributed by atoms with Crippen LogP contribution >= 0.6 is 11.8 Å². The van der Waals surface area contributed by atoms with Crippen molar-refractivity contribution in [2.75, 3.05) is 18.1 Å². The summed E-state index contributed by atoms with van der Waals surface area (Å²) in [6.45, 7) is -0.0392. The molecule has 0 fully saturated rings. The monoisotopic (exact) mass is 417 g/mol. The van der Waals surface area contributed by atoms with Crippen LogP contribution in [0.1, 0.15) is 6.42 Å². The van der Waals surface area contributed by atoms with Gasteiger partial charge in [-0.1, -0.05) is 0 Å². The average Bonchev–Trinajstić information content (AvgIpc) is 2.39. The topological polar surface area (TPSA) is 38.3 Å². The van der Waals surface area contributed by atoms with E-state index in [4.69, 9.17) is 0 Å². The quantitative estimate of drug-likeness (QED) is 0.315. The lowest BCUT2D eigenvalue weighted by Crippen LogP contribution is -2.58. The van der Waals surface area contributed by atoms with Gasteiger partial charge in [0.1, 0.15) is 0 Å². The summed E-state index contributed by atoms with van der Waals surface area (Å²) in [5.74, 6) is -13.4. The van der Waals surface area contributed by atoms with Crippen molar-refractivity contribution in [3.8, 4) is 0 Å². The van der Waals surface area contributed by atoms with Gasteiger partial charge < -0.3 is 5.32 Å². The molecule has 0 spiro atoms. The minimum absolute atomic E-state index is 0.0381. The van der Waals surface area contributed by atoms with Gasteiger partial charge in [-0.25, -0.2) is 4.74 Å². The molecule has 25 heavy (non-hydrogen) atoms. The highest BCUT2D eigenvalue weighted by Gasteiger charge is 2.78. The first-order chi connectivity index (χ1) is 11.0. The van der Waals surface area contributed by atoms with Gasteiger partial charge in [0, 0.05) is 18.7 Å². The molecule has 0 bridgehead atoms. The predicted molar refractivity (Wildman–Crippen MR) is 62.9 cm³/mol. The maximum absolute atomic E-state index is 13.2. The fourth-order valence-corrected chi connectivity index (χ4v) is 1.97. The van der Waals surface area contributed by atoms with Gasteiger partial charge in [-0.2, -0.15) is 60.1 Å². The fraction of sp³-hybridized carbons (Fsp3) is 0.900. The summed E-state index contributed by atoms with van der Waals surface area (Å²) in [5, 5.41) is 2.09. The first-order valence-electron chi connectivity index (χ1n) is 6.05. The number of halogens is 11. The van der Waals surface area contributed by atoms with Crippen molar-refractivity contribution in [1.29, 1.82) is 0 Å². The minimum Gasteiger partial charge on any atom is -0.358 e. The van der Waals surface area contributed by atoms with Gasteiger partial charge in [0.25, 0.3) is 0 Å². The lowest BCUT2D eigenvalue weighted by atomic mass is 10.2. The first-order valence-corrected chi connectivity index (χ1v) is 7.20. The van der Waals surface area contributed by atoms with E-state index in [2.05, 4.69) is 5.32 Å². The Kier molecular flexibility index (Phi) is 7.82. The summed E-state index contributed by atoms with van der Waals surface area (Å²) in [5.41, 5.74) is 0. The lowest BCUT2D eigenvalue weighted by molar-refractivity contribution is -0.496. The molecule has 15 heteroatoms. The Labute approximate surface area is 137 Å². The van der Waals surface area contributed by atoms with E-state index in [0.717, 1.165) is 0 Å². The zero-order chi connectivity index (χ0) is 20.2. The van der Waals surface area contributed by atoms with Gasteiger partial charge >= 0.3 is 30.2 Å². The van der Waals surface area contributed by atoms with Crippen molar-refractivity contribution < 1.29 is 57.8 Å². The summed E-state index contributed by atoms with van der Waals surface area (Å²) < 4.78 is 140. The second kappa shape index (κ2) is 8.14. The maximum Gasteiger partial charge on any atom is 0.462 e. The van der Waals surface area contributed by atoms with Crippen LogP contribution in [0.25, 0.3) is 0 Å². The smallest absolute Gasteiger partial charge is 0.358 e. The zero-order valence-electron chi connectivity index (χ0n) is 11.8. The average molecular weight is 417 g/mol. The standard InChI is InChI=1S/C10H10F11NO2S/c11-6(12,1-3-25-4-2-22-5-23)9(18,19)24-10(20,21)7(13,14)8(15,16)17/h5H,1-4H2,(H,22,23). The summed E-state index contributed by atoms with van der Waals surface area (Å²) in [7, 11) is 0. The number of nitrogens with one attached hydrogen (secondary N) is 1. The van der Waals surface area contributed by atoms with Crippen LogP contribution in [0.4, 0.5) is 48.3 Å². The molecule has 0 radical (unpaired) electrons. The molecule has 0 atom stereocenters. The first kappa shape index (κ1) is 24.0. The molecule has 3 nitrogen and oxygen atoms in total. The van der Waals surface area contributed by atoms with Crippen LogP contribution in [0.15, 0.2) is 0 Å². The number of alkyl halides is 11. The fourth-order valence-electron chi connectivity index (χ4n) is 1.10. The highest BCUT2D eigenvalue weighted by molar-refractivity contribution is 7.99. The molecule has 0 unspecified atom stereocenters. The maximum atomic E-state index is 13.2. The molecule has 1 amide bonds. The lowest BCUT2D eigenvalue weighted by Gasteiger charge is -2.33. The molecule has 0 saturated heterocycles. The molecule has 0 aromatic heterocycles. The number of amides is 1. The molecule has 0 rings (SSSR count). The number of hydrogen-bond acceptors (Lipinski definition) is 3. The van der Waals surface area contributed by atoms with Crippen LogP contribution in [0, 0.1) is 0 Å². The molecule has 0 aromatic carbocycles. The molecule has 0 aliphatic heterocycles. The van der Waals surface area contributed by atoms with Gasteiger partial charge in [-0.3, -0.25) is 4.79 Å². The third-order valence-corrected chi connectivity index (χ3v) is 3.42. The molecule has 0 aliphatic rings. The highest BCUT2D eigenvalue weighted by Crippen LogP contribution is 2.51. The number of thioether (sulfide) groups is 1. The van der Waals surface area contributed by atoms with E-state index in [1.54, 1.807) is 0 Å². The molecule has 0 aromatic rings. The molecular weight excluding hydrogens is 407 g/mol. The Hall–Kier alpha value is -0.990.